The van der Waals surface area contributed by atoms with Crippen LogP contribution in [-0.4, -0.2) is 22.3 Å². The number of rotatable bonds is 3. The van der Waals surface area contributed by atoms with E-state index in [0.717, 1.165) is 0 Å². The normalized spacial score (nSPS) is 10.5. The predicted molar refractivity (Wildman–Crippen MR) is 71.3 cm³/mol. The molecule has 1 amide bonds. The van der Waals surface area contributed by atoms with Crippen molar-refractivity contribution in [2.75, 3.05) is 0 Å². The summed E-state index contributed by atoms with van der Waals surface area (Å²) in [4.78, 5) is 11.7. The molecular formula is C14H12N2O3. The molecule has 0 aliphatic rings. The summed E-state index contributed by atoms with van der Waals surface area (Å²) in [6.45, 7) is 0. The molecule has 2 rings (SSSR count). The van der Waals surface area contributed by atoms with Crippen LogP contribution >= 0.6 is 0 Å². The van der Waals surface area contributed by atoms with Crippen LogP contribution in [0.2, 0.25) is 0 Å². The van der Waals surface area contributed by atoms with E-state index in [4.69, 9.17) is 0 Å². The second-order valence-electron chi connectivity index (χ2n) is 3.81. The first-order valence-corrected chi connectivity index (χ1v) is 5.57. The van der Waals surface area contributed by atoms with Crippen molar-refractivity contribution in [1.29, 1.82) is 0 Å². The molecule has 2 aromatic rings. The molecule has 5 heteroatoms. The molecule has 96 valence electrons. The van der Waals surface area contributed by atoms with Crippen molar-refractivity contribution < 1.29 is 15.0 Å². The maximum absolute atomic E-state index is 11.7. The number of carbonyl (C=O) groups excluding carboxylic acids is 1. The number of phenols is 2. The topological polar surface area (TPSA) is 81.9 Å². The Labute approximate surface area is 109 Å². The molecule has 0 saturated heterocycles. The highest BCUT2D eigenvalue weighted by atomic mass is 16.3. The summed E-state index contributed by atoms with van der Waals surface area (Å²) >= 11 is 0. The molecule has 0 aliphatic heterocycles. The van der Waals surface area contributed by atoms with E-state index in [1.807, 2.05) is 0 Å². The largest absolute Gasteiger partial charge is 0.508 e. The SMILES string of the molecule is O=C(N/N=C\c1cccc(O)c1)c1ccccc1O. The molecule has 0 spiro atoms. The lowest BCUT2D eigenvalue weighted by Gasteiger charge is -2.01. The lowest BCUT2D eigenvalue weighted by Crippen LogP contribution is -2.17. The van der Waals surface area contributed by atoms with E-state index < -0.39 is 5.91 Å². The van der Waals surface area contributed by atoms with Gasteiger partial charge in [-0.2, -0.15) is 5.10 Å². The molecule has 0 atom stereocenters. The highest BCUT2D eigenvalue weighted by Gasteiger charge is 2.08. The second-order valence-corrected chi connectivity index (χ2v) is 3.81. The summed E-state index contributed by atoms with van der Waals surface area (Å²) in [5.74, 6) is -0.488. The fourth-order valence-electron chi connectivity index (χ4n) is 1.50. The summed E-state index contributed by atoms with van der Waals surface area (Å²) in [6, 6.07) is 12.6. The highest BCUT2D eigenvalue weighted by Crippen LogP contribution is 2.15. The Kier molecular flexibility index (Phi) is 3.78. The molecule has 0 aromatic heterocycles. The van der Waals surface area contributed by atoms with Crippen LogP contribution in [0.25, 0.3) is 0 Å². The Balaban J connectivity index is 2.03. The predicted octanol–water partition coefficient (Wildman–Crippen LogP) is 1.86. The van der Waals surface area contributed by atoms with E-state index in [-0.39, 0.29) is 17.1 Å². The number of phenolic OH excluding ortho intramolecular Hbond substituents is 2. The molecule has 0 unspecified atom stereocenters. The van der Waals surface area contributed by atoms with Gasteiger partial charge < -0.3 is 10.2 Å². The molecule has 3 N–H and O–H groups in total. The lowest BCUT2D eigenvalue weighted by atomic mass is 10.2. The summed E-state index contributed by atoms with van der Waals surface area (Å²) in [5.41, 5.74) is 3.10. The van der Waals surface area contributed by atoms with Crippen LogP contribution in [0.4, 0.5) is 0 Å². The van der Waals surface area contributed by atoms with Gasteiger partial charge in [0.1, 0.15) is 11.5 Å². The molecule has 2 aromatic carbocycles. The van der Waals surface area contributed by atoms with Gasteiger partial charge in [-0.05, 0) is 29.8 Å². The average molecular weight is 256 g/mol. The first-order valence-electron chi connectivity index (χ1n) is 5.57. The minimum atomic E-state index is -0.505. The maximum Gasteiger partial charge on any atom is 0.275 e. The van der Waals surface area contributed by atoms with Gasteiger partial charge in [-0.25, -0.2) is 5.43 Å². The Hall–Kier alpha value is -2.82. The maximum atomic E-state index is 11.7. The molecule has 0 radical (unpaired) electrons. The van der Waals surface area contributed by atoms with Gasteiger partial charge in [-0.15, -0.1) is 0 Å². The number of hydrazone groups is 1. The molecule has 0 saturated carbocycles. The molecule has 19 heavy (non-hydrogen) atoms. The van der Waals surface area contributed by atoms with Crippen LogP contribution in [0.1, 0.15) is 15.9 Å². The van der Waals surface area contributed by atoms with Crippen molar-refractivity contribution in [2.24, 2.45) is 5.10 Å². The van der Waals surface area contributed by atoms with Gasteiger partial charge in [0, 0.05) is 0 Å². The van der Waals surface area contributed by atoms with Crippen molar-refractivity contribution in [1.82, 2.24) is 5.43 Å². The number of carbonyl (C=O) groups is 1. The third-order valence-corrected chi connectivity index (χ3v) is 2.40. The van der Waals surface area contributed by atoms with Gasteiger partial charge in [0.2, 0.25) is 0 Å². The van der Waals surface area contributed by atoms with Crippen LogP contribution in [0.15, 0.2) is 53.6 Å². The highest BCUT2D eigenvalue weighted by molar-refractivity contribution is 5.97. The van der Waals surface area contributed by atoms with Gasteiger partial charge in [-0.1, -0.05) is 24.3 Å². The van der Waals surface area contributed by atoms with E-state index in [2.05, 4.69) is 10.5 Å². The molecule has 0 fully saturated rings. The van der Waals surface area contributed by atoms with Crippen molar-refractivity contribution in [3.05, 3.63) is 59.7 Å². The summed E-state index contributed by atoms with van der Waals surface area (Å²) < 4.78 is 0. The zero-order chi connectivity index (χ0) is 13.7. The fraction of sp³-hybridized carbons (Fsp3) is 0. The Bertz CT molecular complexity index is 624. The number of nitrogens with zero attached hydrogens (tertiary/aromatic N) is 1. The van der Waals surface area contributed by atoms with Crippen LogP contribution < -0.4 is 5.43 Å². The molecule has 0 bridgehead atoms. The monoisotopic (exact) mass is 256 g/mol. The van der Waals surface area contributed by atoms with Crippen molar-refractivity contribution in [3.8, 4) is 11.5 Å². The molecular weight excluding hydrogens is 244 g/mol. The zero-order valence-electron chi connectivity index (χ0n) is 9.95. The number of nitrogens with one attached hydrogen (secondary N) is 1. The molecule has 0 heterocycles. The first kappa shape index (κ1) is 12.6. The smallest absolute Gasteiger partial charge is 0.275 e. The van der Waals surface area contributed by atoms with Crippen LogP contribution in [0.3, 0.4) is 0 Å². The number of aromatic hydroxyl groups is 2. The lowest BCUT2D eigenvalue weighted by molar-refractivity contribution is 0.0952. The minimum Gasteiger partial charge on any atom is -0.508 e. The van der Waals surface area contributed by atoms with Crippen molar-refractivity contribution in [3.63, 3.8) is 0 Å². The van der Waals surface area contributed by atoms with Gasteiger partial charge in [0.25, 0.3) is 5.91 Å². The number of hydrogen-bond acceptors (Lipinski definition) is 4. The molecule has 0 aliphatic carbocycles. The van der Waals surface area contributed by atoms with Crippen molar-refractivity contribution in [2.45, 2.75) is 0 Å². The van der Waals surface area contributed by atoms with E-state index in [0.29, 0.717) is 5.56 Å². The molecule has 5 nitrogen and oxygen atoms in total. The fourth-order valence-corrected chi connectivity index (χ4v) is 1.50. The van der Waals surface area contributed by atoms with Gasteiger partial charge in [-0.3, -0.25) is 4.79 Å². The third kappa shape index (κ3) is 3.32. The van der Waals surface area contributed by atoms with Crippen molar-refractivity contribution >= 4 is 12.1 Å². The van der Waals surface area contributed by atoms with Crippen LogP contribution in [-0.2, 0) is 0 Å². The summed E-state index contributed by atoms with van der Waals surface area (Å²) in [5, 5.41) is 22.5. The Morgan fingerprint density at radius 3 is 2.63 bits per heavy atom. The number of amides is 1. The second kappa shape index (κ2) is 5.68. The van der Waals surface area contributed by atoms with E-state index in [1.165, 1.54) is 30.5 Å². The first-order chi connectivity index (χ1) is 9.16. The Morgan fingerprint density at radius 2 is 1.89 bits per heavy atom. The van der Waals surface area contributed by atoms with Gasteiger partial charge >= 0.3 is 0 Å². The summed E-state index contributed by atoms with van der Waals surface area (Å²) in [7, 11) is 0. The number of para-hydroxylation sites is 1. The zero-order valence-corrected chi connectivity index (χ0v) is 9.95. The van der Waals surface area contributed by atoms with E-state index in [1.54, 1.807) is 24.3 Å². The third-order valence-electron chi connectivity index (χ3n) is 2.40. The Morgan fingerprint density at radius 1 is 1.11 bits per heavy atom. The minimum absolute atomic E-state index is 0.104. The van der Waals surface area contributed by atoms with Gasteiger partial charge in [0.05, 0.1) is 11.8 Å². The average Bonchev–Trinajstić information content (AvgIpc) is 2.39. The van der Waals surface area contributed by atoms with E-state index in [9.17, 15) is 15.0 Å². The number of benzene rings is 2. The van der Waals surface area contributed by atoms with Gasteiger partial charge in [0.15, 0.2) is 0 Å². The standard InChI is InChI=1S/C14H12N2O3/c17-11-5-3-4-10(8-11)9-15-16-14(19)12-6-1-2-7-13(12)18/h1-9,17-18H,(H,16,19)/b15-9-. The van der Waals surface area contributed by atoms with E-state index >= 15 is 0 Å². The quantitative estimate of drug-likeness (QED) is 0.579. The van der Waals surface area contributed by atoms with Crippen LogP contribution in [0.5, 0.6) is 11.5 Å². The summed E-state index contributed by atoms with van der Waals surface area (Å²) in [6.07, 6.45) is 1.40. The van der Waals surface area contributed by atoms with Crippen LogP contribution in [0, 0.1) is 0 Å². The number of hydrogen-bond donors (Lipinski definition) is 3.